The second kappa shape index (κ2) is 13.5. The minimum Gasteiger partial charge on any atom is -0.464 e. The van der Waals surface area contributed by atoms with E-state index in [9.17, 15) is 9.59 Å². The molecule has 1 saturated carbocycles. The number of alkyl carbamates (subject to hydrolysis) is 1. The Morgan fingerprint density at radius 3 is 2.64 bits per heavy atom. The number of halogens is 2. The standard InChI is InChI=1S/C40H41ClFN5O5S/c1-20-13-25(14-21(2)51-20)36(45-40(49)50-3)38(48)46-12-4-5-30(46)37-43-19-28(44-37)23-8-9-29-24(15-23)16-31-35-27(42)17-26(41)18-32(35)52-39(47(29)31)34-11-10-33(53-34)22-6-7-22/h8-11,15-22,25,30,36,39H,4-7,12-14H2,1-3H3,(H,43,44)(H,45,49). The number of nitrogens with one attached hydrogen (secondary N) is 2. The van der Waals surface area contributed by atoms with Crippen LogP contribution in [0.1, 0.15) is 86.1 Å². The van der Waals surface area contributed by atoms with E-state index in [2.05, 4.69) is 33.1 Å². The average Bonchev–Trinajstić information content (AvgIpc) is 3.54. The lowest BCUT2D eigenvalue weighted by Crippen LogP contribution is -2.54. The summed E-state index contributed by atoms with van der Waals surface area (Å²) in [4.78, 5) is 39.2. The van der Waals surface area contributed by atoms with E-state index in [-0.39, 0.29) is 35.1 Å². The van der Waals surface area contributed by atoms with Gasteiger partial charge < -0.3 is 29.4 Å². The van der Waals surface area contributed by atoms with Crippen LogP contribution in [0.25, 0.3) is 33.4 Å². The second-order valence-corrected chi connectivity index (χ2v) is 16.5. The first-order valence-electron chi connectivity index (χ1n) is 18.4. The summed E-state index contributed by atoms with van der Waals surface area (Å²) < 4.78 is 35.1. The number of methoxy groups -OCH3 is 1. The van der Waals surface area contributed by atoms with Crippen molar-refractivity contribution >= 4 is 45.8 Å². The smallest absolute Gasteiger partial charge is 0.407 e. The summed E-state index contributed by atoms with van der Waals surface area (Å²) in [5.74, 6) is 1.08. The number of benzene rings is 2. The Balaban J connectivity index is 1.03. The van der Waals surface area contributed by atoms with Crippen molar-refractivity contribution in [1.82, 2.24) is 24.8 Å². The Kier molecular flexibility index (Phi) is 8.74. The molecule has 2 aromatic carbocycles. The lowest BCUT2D eigenvalue weighted by atomic mass is 9.85. The summed E-state index contributed by atoms with van der Waals surface area (Å²) in [6.07, 6.45) is 5.97. The number of carbonyl (C=O) groups excluding carboxylic acids is 2. The Morgan fingerprint density at radius 1 is 1.08 bits per heavy atom. The molecule has 5 atom stereocenters. The Morgan fingerprint density at radius 2 is 1.87 bits per heavy atom. The van der Waals surface area contributed by atoms with Crippen LogP contribution in [-0.2, 0) is 14.3 Å². The zero-order valence-corrected chi connectivity index (χ0v) is 31.3. The number of H-pyrrole nitrogens is 1. The Labute approximate surface area is 315 Å². The van der Waals surface area contributed by atoms with E-state index in [1.54, 1.807) is 23.6 Å². The molecule has 0 bridgehead atoms. The van der Waals surface area contributed by atoms with Crippen LogP contribution in [0.2, 0.25) is 5.02 Å². The van der Waals surface area contributed by atoms with Crippen LogP contribution in [0, 0.1) is 11.7 Å². The van der Waals surface area contributed by atoms with Crippen molar-refractivity contribution in [3.05, 3.63) is 81.1 Å². The van der Waals surface area contributed by atoms with Crippen LogP contribution < -0.4 is 10.1 Å². The monoisotopic (exact) mass is 757 g/mol. The van der Waals surface area contributed by atoms with Gasteiger partial charge in [0.05, 0.1) is 58.9 Å². The third-order valence-corrected chi connectivity index (χ3v) is 12.6. The van der Waals surface area contributed by atoms with Crippen molar-refractivity contribution in [3.8, 4) is 28.3 Å². The number of amides is 2. The molecule has 2 saturated heterocycles. The van der Waals surface area contributed by atoms with Gasteiger partial charge in [-0.3, -0.25) is 9.36 Å². The molecule has 3 fully saturated rings. The lowest BCUT2D eigenvalue weighted by Gasteiger charge is -2.38. The maximum absolute atomic E-state index is 15.6. The molecule has 3 aromatic heterocycles. The molecule has 13 heteroatoms. The van der Waals surface area contributed by atoms with Crippen molar-refractivity contribution in [2.75, 3.05) is 13.7 Å². The van der Waals surface area contributed by atoms with Crippen LogP contribution in [-0.4, -0.2) is 63.3 Å². The van der Waals surface area contributed by atoms with Crippen LogP contribution >= 0.6 is 22.9 Å². The van der Waals surface area contributed by atoms with Gasteiger partial charge in [-0.1, -0.05) is 17.7 Å². The number of ether oxygens (including phenoxy) is 3. The largest absolute Gasteiger partial charge is 0.464 e. The highest BCUT2D eigenvalue weighted by atomic mass is 35.5. The van der Waals surface area contributed by atoms with E-state index in [0.29, 0.717) is 42.4 Å². The normalized spacial score (nSPS) is 24.4. The quantitative estimate of drug-likeness (QED) is 0.172. The minimum atomic E-state index is -0.733. The summed E-state index contributed by atoms with van der Waals surface area (Å²) in [5, 5.41) is 4.07. The van der Waals surface area contributed by atoms with Crippen molar-refractivity contribution in [3.63, 3.8) is 0 Å². The van der Waals surface area contributed by atoms with Crippen molar-refractivity contribution < 1.29 is 28.2 Å². The van der Waals surface area contributed by atoms with Gasteiger partial charge in [0, 0.05) is 27.4 Å². The first kappa shape index (κ1) is 34.4. The third kappa shape index (κ3) is 6.28. The lowest BCUT2D eigenvalue weighted by molar-refractivity contribution is -0.138. The zero-order chi connectivity index (χ0) is 36.5. The van der Waals surface area contributed by atoms with E-state index < -0.39 is 24.2 Å². The fourth-order valence-electron chi connectivity index (χ4n) is 8.63. The molecule has 1 aliphatic carbocycles. The number of carbonyl (C=O) groups is 2. The van der Waals surface area contributed by atoms with Crippen LogP contribution in [0.15, 0.2) is 54.7 Å². The topological polar surface area (TPSA) is 111 Å². The molecule has 10 nitrogen and oxygen atoms in total. The number of thiophene rings is 1. The van der Waals surface area contributed by atoms with Crippen molar-refractivity contribution in [2.24, 2.45) is 5.92 Å². The van der Waals surface area contributed by atoms with Gasteiger partial charge in [-0.05, 0) is 107 Å². The number of rotatable bonds is 7. The number of likely N-dealkylation sites (tertiary alicyclic amines) is 1. The van der Waals surface area contributed by atoms with E-state index in [0.717, 1.165) is 45.6 Å². The van der Waals surface area contributed by atoms with Gasteiger partial charge in [-0.25, -0.2) is 14.2 Å². The predicted octanol–water partition coefficient (Wildman–Crippen LogP) is 8.96. The summed E-state index contributed by atoms with van der Waals surface area (Å²) in [6, 6.07) is 14.5. The molecule has 9 rings (SSSR count). The van der Waals surface area contributed by atoms with Gasteiger partial charge in [0.2, 0.25) is 12.1 Å². The first-order valence-corrected chi connectivity index (χ1v) is 19.6. The summed E-state index contributed by atoms with van der Waals surface area (Å²) in [5.41, 5.74) is 3.75. The average molecular weight is 758 g/mol. The molecule has 0 radical (unpaired) electrons. The van der Waals surface area contributed by atoms with E-state index in [4.69, 9.17) is 30.8 Å². The molecule has 4 aliphatic rings. The van der Waals surface area contributed by atoms with E-state index in [1.807, 2.05) is 36.9 Å². The SMILES string of the molecule is COC(=O)NC(C(=O)N1CCCC1c1ncc(-c2ccc3c(c2)cc2n3C(c3ccc(C4CC4)s3)Oc3cc(Cl)cc(F)c3-2)[nH]1)C1CC(C)OC(C)C1. The zero-order valence-electron chi connectivity index (χ0n) is 29.7. The van der Waals surface area contributed by atoms with Gasteiger partial charge in [0.15, 0.2) is 0 Å². The molecular weight excluding hydrogens is 717 g/mol. The van der Waals surface area contributed by atoms with Crippen LogP contribution in [0.5, 0.6) is 5.75 Å². The molecule has 2 amide bonds. The third-order valence-electron chi connectivity index (χ3n) is 11.1. The maximum atomic E-state index is 15.6. The fourth-order valence-corrected chi connectivity index (χ4v) is 10.0. The van der Waals surface area contributed by atoms with Crippen LogP contribution in [0.4, 0.5) is 9.18 Å². The summed E-state index contributed by atoms with van der Waals surface area (Å²) in [6.45, 7) is 4.56. The highest BCUT2D eigenvalue weighted by molar-refractivity contribution is 7.12. The van der Waals surface area contributed by atoms with Crippen molar-refractivity contribution in [2.45, 2.75) is 88.8 Å². The number of hydrogen-bond donors (Lipinski definition) is 2. The van der Waals surface area contributed by atoms with Gasteiger partial charge in [-0.15, -0.1) is 11.3 Å². The van der Waals surface area contributed by atoms with Gasteiger partial charge >= 0.3 is 6.09 Å². The van der Waals surface area contributed by atoms with Gasteiger partial charge in [0.25, 0.3) is 0 Å². The second-order valence-electron chi connectivity index (χ2n) is 14.9. The summed E-state index contributed by atoms with van der Waals surface area (Å²) in [7, 11) is 1.31. The van der Waals surface area contributed by atoms with Crippen molar-refractivity contribution in [1.29, 1.82) is 0 Å². The molecule has 53 heavy (non-hydrogen) atoms. The number of aromatic amines is 1. The minimum absolute atomic E-state index is 0.0224. The highest BCUT2D eigenvalue weighted by Gasteiger charge is 2.42. The number of aromatic nitrogens is 3. The molecule has 2 N–H and O–H groups in total. The molecule has 3 aliphatic heterocycles. The Bertz CT molecular complexity index is 2220. The number of imidazole rings is 1. The summed E-state index contributed by atoms with van der Waals surface area (Å²) >= 11 is 8.06. The number of hydrogen-bond acceptors (Lipinski definition) is 7. The molecule has 6 heterocycles. The van der Waals surface area contributed by atoms with Crippen LogP contribution in [0.3, 0.4) is 0 Å². The molecule has 5 aromatic rings. The molecule has 5 unspecified atom stereocenters. The molecule has 276 valence electrons. The fraction of sp³-hybridized carbons (Fsp3) is 0.425. The highest BCUT2D eigenvalue weighted by Crippen LogP contribution is 2.50. The first-order chi connectivity index (χ1) is 25.6. The maximum Gasteiger partial charge on any atom is 0.407 e. The van der Waals surface area contributed by atoms with E-state index in [1.165, 1.54) is 30.9 Å². The predicted molar refractivity (Wildman–Crippen MR) is 201 cm³/mol. The Hall–Kier alpha value is -4.39. The number of fused-ring (bicyclic) bond motifs is 5. The van der Waals surface area contributed by atoms with Gasteiger partial charge in [-0.2, -0.15) is 0 Å². The number of nitrogens with zero attached hydrogens (tertiary/aromatic N) is 3. The van der Waals surface area contributed by atoms with E-state index >= 15 is 4.39 Å². The molecule has 0 spiro atoms. The van der Waals surface area contributed by atoms with Gasteiger partial charge in [0.1, 0.15) is 23.4 Å². The molecular formula is C40H41ClFN5O5S.